The summed E-state index contributed by atoms with van der Waals surface area (Å²) in [6, 6.07) is 0. The van der Waals surface area contributed by atoms with Crippen LogP contribution in [0.25, 0.3) is 0 Å². The number of unbranched alkanes of at least 4 members (excludes halogenated alkanes) is 10. The summed E-state index contributed by atoms with van der Waals surface area (Å²) in [5.74, 6) is -1.14. The number of hydrogen-bond donors (Lipinski definition) is 0. The van der Waals surface area contributed by atoms with E-state index < -0.39 is 16.2 Å². The molecule has 0 spiro atoms. The second-order valence-corrected chi connectivity index (χ2v) is 7.97. The highest BCUT2D eigenvalue weighted by atomic mass is 32.3. The third-order valence-corrected chi connectivity index (χ3v) is 5.31. The predicted octanol–water partition coefficient (Wildman–Crippen LogP) is 5.74. The van der Waals surface area contributed by atoms with Gasteiger partial charge in [-0.25, -0.2) is 8.37 Å². The molecule has 0 saturated carbocycles. The maximum Gasteiger partial charge on any atom is 0.402 e. The van der Waals surface area contributed by atoms with Gasteiger partial charge >= 0.3 is 10.4 Å². The van der Waals surface area contributed by atoms with Crippen molar-refractivity contribution in [2.75, 3.05) is 13.2 Å². The zero-order valence-corrected chi connectivity index (χ0v) is 17.7. The van der Waals surface area contributed by atoms with Crippen LogP contribution < -0.4 is 0 Å². The molecule has 0 aliphatic rings. The van der Waals surface area contributed by atoms with Gasteiger partial charge in [0.1, 0.15) is 0 Å². The molecule has 152 valence electrons. The molecule has 0 aliphatic carbocycles. The minimum Gasteiger partial charge on any atom is -0.349 e. The molecular weight excluding hydrogens is 340 g/mol. The van der Waals surface area contributed by atoms with Crippen LogP contribution in [0, 0.1) is 0 Å². The van der Waals surface area contributed by atoms with Crippen molar-refractivity contribution < 1.29 is 21.5 Å². The van der Waals surface area contributed by atoms with E-state index in [1.54, 1.807) is 13.8 Å². The van der Waals surface area contributed by atoms with Crippen molar-refractivity contribution in [3.8, 4) is 0 Å². The van der Waals surface area contributed by atoms with Gasteiger partial charge in [-0.3, -0.25) is 0 Å². The highest BCUT2D eigenvalue weighted by Crippen LogP contribution is 2.24. The zero-order chi connectivity index (χ0) is 19.0. The molecule has 0 aromatic rings. The van der Waals surface area contributed by atoms with Crippen LogP contribution in [-0.4, -0.2) is 27.4 Å². The first-order valence-electron chi connectivity index (χ1n) is 10.1. The Labute approximate surface area is 156 Å². The molecule has 5 nitrogen and oxygen atoms in total. The SMILES string of the molecule is CCCCCCCCCCCCCC(C)(OCC)OS(=O)(=O)OCC. The minimum atomic E-state index is -4.00. The Morgan fingerprint density at radius 2 is 1.20 bits per heavy atom. The smallest absolute Gasteiger partial charge is 0.349 e. The number of rotatable bonds is 18. The van der Waals surface area contributed by atoms with Crippen molar-refractivity contribution in [1.82, 2.24) is 0 Å². The first-order valence-corrected chi connectivity index (χ1v) is 11.5. The fraction of sp³-hybridized carbons (Fsp3) is 1.00. The highest BCUT2D eigenvalue weighted by molar-refractivity contribution is 7.81. The van der Waals surface area contributed by atoms with Gasteiger partial charge in [-0.05, 0) is 27.2 Å². The van der Waals surface area contributed by atoms with Crippen LogP contribution in [0.2, 0.25) is 0 Å². The van der Waals surface area contributed by atoms with Crippen molar-refractivity contribution in [2.45, 2.75) is 111 Å². The zero-order valence-electron chi connectivity index (χ0n) is 16.8. The van der Waals surface area contributed by atoms with Gasteiger partial charge in [-0.2, -0.15) is 8.42 Å². The summed E-state index contributed by atoms with van der Waals surface area (Å²) in [6.45, 7) is 7.81. The number of hydrogen-bond acceptors (Lipinski definition) is 5. The van der Waals surface area contributed by atoms with E-state index in [4.69, 9.17) is 8.92 Å². The number of ether oxygens (including phenoxy) is 1. The van der Waals surface area contributed by atoms with Crippen molar-refractivity contribution in [3.05, 3.63) is 0 Å². The summed E-state index contributed by atoms with van der Waals surface area (Å²) in [5, 5.41) is 0. The van der Waals surface area contributed by atoms with E-state index in [-0.39, 0.29) is 6.61 Å². The lowest BCUT2D eigenvalue weighted by Crippen LogP contribution is -2.35. The van der Waals surface area contributed by atoms with Crippen LogP contribution in [-0.2, 0) is 23.5 Å². The second kappa shape index (κ2) is 14.9. The monoisotopic (exact) mass is 380 g/mol. The van der Waals surface area contributed by atoms with Crippen LogP contribution in [0.5, 0.6) is 0 Å². The maximum atomic E-state index is 11.7. The Balaban J connectivity index is 3.86. The molecule has 0 N–H and O–H groups in total. The third kappa shape index (κ3) is 14.7. The predicted molar refractivity (Wildman–Crippen MR) is 103 cm³/mol. The topological polar surface area (TPSA) is 61.8 Å². The molecule has 0 saturated heterocycles. The summed E-state index contributed by atoms with van der Waals surface area (Å²) in [7, 11) is -4.00. The van der Waals surface area contributed by atoms with E-state index in [1.807, 2.05) is 6.92 Å². The molecule has 1 unspecified atom stereocenters. The standard InChI is InChI=1S/C19H40O5S/c1-5-8-9-10-11-12-13-14-15-16-17-18-19(4,22-6-2)24-25(20,21)23-7-3/h5-18H2,1-4H3. The summed E-state index contributed by atoms with van der Waals surface area (Å²) >= 11 is 0. The summed E-state index contributed by atoms with van der Waals surface area (Å²) in [6.07, 6.45) is 14.3. The fourth-order valence-corrected chi connectivity index (χ4v) is 3.84. The van der Waals surface area contributed by atoms with E-state index in [2.05, 4.69) is 11.1 Å². The molecular formula is C19H40O5S. The van der Waals surface area contributed by atoms with Crippen LogP contribution in [0.1, 0.15) is 105 Å². The van der Waals surface area contributed by atoms with Crippen LogP contribution >= 0.6 is 0 Å². The Hall–Kier alpha value is -0.170. The fourth-order valence-electron chi connectivity index (χ4n) is 2.94. The molecule has 6 heteroatoms. The Morgan fingerprint density at radius 3 is 1.64 bits per heavy atom. The minimum absolute atomic E-state index is 0.0585. The molecule has 25 heavy (non-hydrogen) atoms. The Morgan fingerprint density at radius 1 is 0.720 bits per heavy atom. The van der Waals surface area contributed by atoms with Crippen molar-refractivity contribution >= 4 is 10.4 Å². The van der Waals surface area contributed by atoms with Gasteiger partial charge in [0.25, 0.3) is 0 Å². The van der Waals surface area contributed by atoms with Crippen LogP contribution in [0.15, 0.2) is 0 Å². The first-order chi connectivity index (χ1) is 11.9. The van der Waals surface area contributed by atoms with E-state index in [1.165, 1.54) is 57.8 Å². The van der Waals surface area contributed by atoms with E-state index in [0.717, 1.165) is 12.8 Å². The van der Waals surface area contributed by atoms with E-state index >= 15 is 0 Å². The summed E-state index contributed by atoms with van der Waals surface area (Å²) < 4.78 is 38.7. The van der Waals surface area contributed by atoms with Gasteiger partial charge in [0.05, 0.1) is 6.61 Å². The lowest BCUT2D eigenvalue weighted by atomic mass is 10.0. The normalized spacial score (nSPS) is 14.6. The average Bonchev–Trinajstić information content (AvgIpc) is 2.52. The lowest BCUT2D eigenvalue weighted by Gasteiger charge is -2.28. The molecule has 0 aromatic carbocycles. The molecule has 1 atom stereocenters. The summed E-state index contributed by atoms with van der Waals surface area (Å²) in [5.41, 5.74) is 0. The van der Waals surface area contributed by atoms with Crippen LogP contribution in [0.3, 0.4) is 0 Å². The molecule has 0 aliphatic heterocycles. The Kier molecular flexibility index (Phi) is 14.8. The van der Waals surface area contributed by atoms with Gasteiger partial charge < -0.3 is 4.74 Å². The molecule has 0 bridgehead atoms. The first kappa shape index (κ1) is 24.8. The molecule has 0 amide bonds. The summed E-state index contributed by atoms with van der Waals surface area (Å²) in [4.78, 5) is 0. The van der Waals surface area contributed by atoms with E-state index in [0.29, 0.717) is 13.0 Å². The average molecular weight is 381 g/mol. The highest BCUT2D eigenvalue weighted by Gasteiger charge is 2.32. The van der Waals surface area contributed by atoms with Crippen LogP contribution in [0.4, 0.5) is 0 Å². The molecule has 0 fully saturated rings. The molecule has 0 aromatic heterocycles. The van der Waals surface area contributed by atoms with Crippen molar-refractivity contribution in [2.24, 2.45) is 0 Å². The Bertz CT molecular complexity index is 397. The molecule has 0 heterocycles. The van der Waals surface area contributed by atoms with Gasteiger partial charge in [0.15, 0.2) is 5.79 Å². The second-order valence-electron chi connectivity index (χ2n) is 6.75. The quantitative estimate of drug-likeness (QED) is 0.224. The van der Waals surface area contributed by atoms with Crippen molar-refractivity contribution in [1.29, 1.82) is 0 Å². The molecule has 0 rings (SSSR count). The largest absolute Gasteiger partial charge is 0.402 e. The molecule has 0 radical (unpaired) electrons. The third-order valence-electron chi connectivity index (χ3n) is 4.22. The van der Waals surface area contributed by atoms with E-state index in [9.17, 15) is 8.42 Å². The van der Waals surface area contributed by atoms with Gasteiger partial charge in [0.2, 0.25) is 0 Å². The van der Waals surface area contributed by atoms with Crippen molar-refractivity contribution in [3.63, 3.8) is 0 Å². The maximum absolute atomic E-state index is 11.7. The van der Waals surface area contributed by atoms with Gasteiger partial charge in [-0.1, -0.05) is 71.1 Å². The lowest BCUT2D eigenvalue weighted by molar-refractivity contribution is -0.173. The van der Waals surface area contributed by atoms with Gasteiger partial charge in [0, 0.05) is 13.0 Å². The van der Waals surface area contributed by atoms with Gasteiger partial charge in [-0.15, -0.1) is 0 Å².